The van der Waals surface area contributed by atoms with Crippen LogP contribution in [0.5, 0.6) is 0 Å². The van der Waals surface area contributed by atoms with Gasteiger partial charge in [0.25, 0.3) is 0 Å². The van der Waals surface area contributed by atoms with Gasteiger partial charge in [-0.1, -0.05) is 42.2 Å². The van der Waals surface area contributed by atoms with Crippen molar-refractivity contribution in [3.05, 3.63) is 29.3 Å². The van der Waals surface area contributed by atoms with Crippen LogP contribution in [-0.2, 0) is 4.79 Å². The van der Waals surface area contributed by atoms with Gasteiger partial charge in [0.1, 0.15) is 0 Å². The van der Waals surface area contributed by atoms with Crippen LogP contribution in [0.15, 0.2) is 22.5 Å². The average molecular weight is 406 g/mol. The molecule has 0 radical (unpaired) electrons. The predicted octanol–water partition coefficient (Wildman–Crippen LogP) is 3.54. The summed E-state index contributed by atoms with van der Waals surface area (Å²) in [7, 11) is 0. The predicted molar refractivity (Wildman–Crippen MR) is 113 cm³/mol. The molecule has 27 heavy (non-hydrogen) atoms. The zero-order valence-electron chi connectivity index (χ0n) is 16.4. The molecular weight excluding hydrogens is 378 g/mol. The average Bonchev–Trinajstić information content (AvgIpc) is 3.11. The molecule has 0 unspecified atom stereocenters. The van der Waals surface area contributed by atoms with E-state index < -0.39 is 0 Å². The first-order valence-corrected chi connectivity index (χ1v) is 11.0. The fraction of sp³-hybridized carbons (Fsp3) is 0.526. The maximum Gasteiger partial charge on any atom is 0.235 e. The Kier molecular flexibility index (Phi) is 6.73. The Bertz CT molecular complexity index is 786. The number of amides is 1. The Balaban J connectivity index is 1.57. The van der Waals surface area contributed by atoms with E-state index in [2.05, 4.69) is 47.3 Å². The van der Waals surface area contributed by atoms with Crippen molar-refractivity contribution in [2.75, 3.05) is 38.0 Å². The molecular formula is C19H27N5OS2. The molecule has 0 spiro atoms. The molecule has 1 aliphatic rings. The van der Waals surface area contributed by atoms with Gasteiger partial charge in [-0.25, -0.2) is 0 Å². The summed E-state index contributed by atoms with van der Waals surface area (Å²) >= 11 is 2.98. The maximum atomic E-state index is 12.7. The van der Waals surface area contributed by atoms with Crippen molar-refractivity contribution in [1.29, 1.82) is 0 Å². The molecule has 1 fully saturated rings. The molecule has 1 aromatic carbocycles. The van der Waals surface area contributed by atoms with Crippen molar-refractivity contribution in [2.24, 2.45) is 0 Å². The van der Waals surface area contributed by atoms with E-state index in [1.165, 1.54) is 34.2 Å². The van der Waals surface area contributed by atoms with Crippen LogP contribution in [0.25, 0.3) is 0 Å². The molecule has 0 aliphatic carbocycles. The van der Waals surface area contributed by atoms with Crippen molar-refractivity contribution in [1.82, 2.24) is 20.0 Å². The molecule has 8 heteroatoms. The minimum atomic E-state index is -0.153. The lowest BCUT2D eigenvalue weighted by Crippen LogP contribution is -2.50. The summed E-state index contributed by atoms with van der Waals surface area (Å²) < 4.78 is 0.816. The van der Waals surface area contributed by atoms with Gasteiger partial charge in [-0.2, -0.15) is 0 Å². The highest BCUT2D eigenvalue weighted by atomic mass is 32.2. The number of hydrogen-bond acceptors (Lipinski definition) is 7. The molecule has 2 aromatic rings. The zero-order valence-corrected chi connectivity index (χ0v) is 18.0. The quantitative estimate of drug-likeness (QED) is 0.742. The van der Waals surface area contributed by atoms with E-state index in [0.717, 1.165) is 47.9 Å². The van der Waals surface area contributed by atoms with Gasteiger partial charge < -0.3 is 15.1 Å². The standard InChI is InChI=1S/C19H27N5OS2/c1-5-23-9-11-24(12-10-23)17(25)15(4)26-19-22-21-18(27-19)20-16-8-6-7-13(2)14(16)3/h6-8,15H,5,9-12H2,1-4H3,(H,20,21)/t15-/m1/s1. The molecule has 1 amide bonds. The van der Waals surface area contributed by atoms with Crippen molar-refractivity contribution in [3.8, 4) is 0 Å². The fourth-order valence-electron chi connectivity index (χ4n) is 3.05. The van der Waals surface area contributed by atoms with Crippen LogP contribution in [0, 0.1) is 13.8 Å². The number of aromatic nitrogens is 2. The second kappa shape index (κ2) is 9.03. The van der Waals surface area contributed by atoms with Crippen LogP contribution in [-0.4, -0.2) is 63.9 Å². The number of nitrogens with one attached hydrogen (secondary N) is 1. The molecule has 0 saturated carbocycles. The number of anilines is 2. The van der Waals surface area contributed by atoms with Crippen molar-refractivity contribution in [2.45, 2.75) is 37.3 Å². The summed E-state index contributed by atoms with van der Waals surface area (Å²) in [6.07, 6.45) is 0. The topological polar surface area (TPSA) is 61.4 Å². The third-order valence-corrected chi connectivity index (χ3v) is 7.02. The third-order valence-electron chi connectivity index (χ3n) is 5.01. The Labute approximate surface area is 169 Å². The number of piperazine rings is 1. The van der Waals surface area contributed by atoms with E-state index in [4.69, 9.17) is 0 Å². The first-order valence-electron chi connectivity index (χ1n) is 9.32. The van der Waals surface area contributed by atoms with E-state index in [9.17, 15) is 4.79 Å². The van der Waals surface area contributed by atoms with Gasteiger partial charge in [-0.15, -0.1) is 10.2 Å². The molecule has 1 atom stereocenters. The summed E-state index contributed by atoms with van der Waals surface area (Å²) in [6, 6.07) is 6.16. The molecule has 6 nitrogen and oxygen atoms in total. The van der Waals surface area contributed by atoms with Crippen LogP contribution in [0.2, 0.25) is 0 Å². The Hall–Kier alpha value is -1.64. The van der Waals surface area contributed by atoms with Gasteiger partial charge in [0.2, 0.25) is 11.0 Å². The van der Waals surface area contributed by atoms with Crippen molar-refractivity contribution in [3.63, 3.8) is 0 Å². The monoisotopic (exact) mass is 405 g/mol. The van der Waals surface area contributed by atoms with Crippen molar-refractivity contribution < 1.29 is 4.79 Å². The highest BCUT2D eigenvalue weighted by molar-refractivity contribution is 8.02. The molecule has 2 heterocycles. The molecule has 1 aromatic heterocycles. The number of thioether (sulfide) groups is 1. The van der Waals surface area contributed by atoms with Crippen LogP contribution in [0.3, 0.4) is 0 Å². The number of nitrogens with zero attached hydrogens (tertiary/aromatic N) is 4. The number of rotatable bonds is 6. The second-order valence-corrected chi connectivity index (χ2v) is 9.33. The fourth-order valence-corrected chi connectivity index (χ4v) is 5.05. The van der Waals surface area contributed by atoms with Gasteiger partial charge in [-0.05, 0) is 44.5 Å². The van der Waals surface area contributed by atoms with E-state index >= 15 is 0 Å². The molecule has 1 N–H and O–H groups in total. The Morgan fingerprint density at radius 1 is 1.26 bits per heavy atom. The van der Waals surface area contributed by atoms with E-state index in [1.54, 1.807) is 0 Å². The number of carbonyl (C=O) groups is 1. The zero-order chi connectivity index (χ0) is 19.4. The lowest BCUT2D eigenvalue weighted by Gasteiger charge is -2.35. The smallest absolute Gasteiger partial charge is 0.235 e. The normalized spacial score (nSPS) is 16.4. The third kappa shape index (κ3) is 5.00. The van der Waals surface area contributed by atoms with Crippen LogP contribution >= 0.6 is 23.1 Å². The summed E-state index contributed by atoms with van der Waals surface area (Å²) in [5.41, 5.74) is 3.48. The van der Waals surface area contributed by atoms with E-state index in [1.807, 2.05) is 24.0 Å². The summed E-state index contributed by atoms with van der Waals surface area (Å²) in [5.74, 6) is 0.190. The number of hydrogen-bond donors (Lipinski definition) is 1. The van der Waals surface area contributed by atoms with Crippen molar-refractivity contribution >= 4 is 39.8 Å². The molecule has 146 valence electrons. The first kappa shape index (κ1) is 20.1. The SMILES string of the molecule is CCN1CCN(C(=O)[C@@H](C)Sc2nnc(Nc3cccc(C)c3C)s2)CC1. The van der Waals surface area contributed by atoms with Gasteiger partial charge in [0, 0.05) is 31.9 Å². The van der Waals surface area contributed by atoms with Gasteiger partial charge >= 0.3 is 0 Å². The lowest BCUT2D eigenvalue weighted by atomic mass is 10.1. The summed E-state index contributed by atoms with van der Waals surface area (Å²) in [5, 5.41) is 12.4. The highest BCUT2D eigenvalue weighted by Gasteiger charge is 2.26. The Morgan fingerprint density at radius 3 is 2.70 bits per heavy atom. The number of benzene rings is 1. The highest BCUT2D eigenvalue weighted by Crippen LogP contribution is 2.32. The van der Waals surface area contributed by atoms with Gasteiger partial charge in [0.05, 0.1) is 5.25 Å². The van der Waals surface area contributed by atoms with Crippen LogP contribution in [0.4, 0.5) is 10.8 Å². The first-order chi connectivity index (χ1) is 13.0. The minimum absolute atomic E-state index is 0.153. The lowest BCUT2D eigenvalue weighted by molar-refractivity contribution is -0.132. The summed E-state index contributed by atoms with van der Waals surface area (Å²) in [6.45, 7) is 12.9. The largest absolute Gasteiger partial charge is 0.339 e. The Morgan fingerprint density at radius 2 is 2.00 bits per heavy atom. The second-order valence-electron chi connectivity index (χ2n) is 6.77. The van der Waals surface area contributed by atoms with Gasteiger partial charge in [0.15, 0.2) is 4.34 Å². The molecule has 1 saturated heterocycles. The molecule has 1 aliphatic heterocycles. The number of likely N-dealkylation sites (N-methyl/N-ethyl adjacent to an activating group) is 1. The van der Waals surface area contributed by atoms with E-state index in [0.29, 0.717) is 0 Å². The van der Waals surface area contributed by atoms with Crippen LogP contribution in [0.1, 0.15) is 25.0 Å². The summed E-state index contributed by atoms with van der Waals surface area (Å²) in [4.78, 5) is 17.0. The van der Waals surface area contributed by atoms with E-state index in [-0.39, 0.29) is 11.2 Å². The van der Waals surface area contributed by atoms with Gasteiger partial charge in [-0.3, -0.25) is 4.79 Å². The molecule has 3 rings (SSSR count). The minimum Gasteiger partial charge on any atom is -0.339 e. The molecule has 0 bridgehead atoms. The number of carbonyl (C=O) groups excluding carboxylic acids is 1. The number of aryl methyl sites for hydroxylation is 1. The maximum absolute atomic E-state index is 12.7. The van der Waals surface area contributed by atoms with Crippen LogP contribution < -0.4 is 5.32 Å².